The molecule has 2 atom stereocenters. The molecule has 0 aromatic carbocycles. The summed E-state index contributed by atoms with van der Waals surface area (Å²) in [5.74, 6) is 2.08. The number of aromatic nitrogens is 3. The van der Waals surface area contributed by atoms with Crippen LogP contribution in [0.3, 0.4) is 0 Å². The Kier molecular flexibility index (Phi) is 5.34. The quantitative estimate of drug-likeness (QED) is 0.771. The van der Waals surface area contributed by atoms with E-state index in [1.807, 2.05) is 23.6 Å². The second-order valence-corrected chi connectivity index (χ2v) is 9.04. The fourth-order valence-electron chi connectivity index (χ4n) is 5.28. The molecule has 1 amide bonds. The Labute approximate surface area is 182 Å². The summed E-state index contributed by atoms with van der Waals surface area (Å²) in [6.07, 6.45) is 9.61. The van der Waals surface area contributed by atoms with E-state index in [1.54, 1.807) is 12.3 Å². The molecule has 5 rings (SSSR count). The Hall–Kier alpha value is -2.96. The van der Waals surface area contributed by atoms with Crippen molar-refractivity contribution in [2.45, 2.75) is 51.5 Å². The van der Waals surface area contributed by atoms with E-state index < -0.39 is 0 Å². The van der Waals surface area contributed by atoms with Gasteiger partial charge in [-0.25, -0.2) is 9.97 Å². The molecule has 0 radical (unpaired) electrons. The average molecular weight is 420 g/mol. The lowest BCUT2D eigenvalue weighted by atomic mass is 9.83. The summed E-state index contributed by atoms with van der Waals surface area (Å²) in [5.41, 5.74) is 2.40. The SMILES string of the molecule is Cc1nccc(N2C[C@@H]3C[C@H](C2)c2ccc(C(=O)NCC4=CCCCC4)c(=O)n2C3)n1. The van der Waals surface area contributed by atoms with Gasteiger partial charge in [0.2, 0.25) is 0 Å². The fourth-order valence-corrected chi connectivity index (χ4v) is 5.28. The molecule has 2 aromatic heterocycles. The van der Waals surface area contributed by atoms with Gasteiger partial charge in [0.25, 0.3) is 11.5 Å². The van der Waals surface area contributed by atoms with Crippen molar-refractivity contribution in [2.75, 3.05) is 24.5 Å². The molecule has 2 aliphatic heterocycles. The topological polar surface area (TPSA) is 80.1 Å². The number of anilines is 1. The summed E-state index contributed by atoms with van der Waals surface area (Å²) in [4.78, 5) is 37.0. The second-order valence-electron chi connectivity index (χ2n) is 9.04. The summed E-state index contributed by atoms with van der Waals surface area (Å²) in [7, 11) is 0. The van der Waals surface area contributed by atoms with Crippen LogP contribution in [0.4, 0.5) is 5.82 Å². The number of carbonyl (C=O) groups is 1. The molecule has 0 saturated carbocycles. The standard InChI is InChI=1S/C24H29N5O2/c1-16-25-10-9-22(27-16)28-13-18-11-19(15-28)21-8-7-20(24(31)29(21)14-18)23(30)26-12-17-5-3-2-4-6-17/h5,7-10,18-19H,2-4,6,11-15H2,1H3,(H,26,30)/t18-,19+/m0/s1. The van der Waals surface area contributed by atoms with Crippen molar-refractivity contribution in [1.82, 2.24) is 19.9 Å². The Morgan fingerprint density at radius 3 is 2.90 bits per heavy atom. The van der Waals surface area contributed by atoms with Crippen LogP contribution in [0.25, 0.3) is 0 Å². The second kappa shape index (κ2) is 8.29. The first kappa shape index (κ1) is 20.0. The zero-order chi connectivity index (χ0) is 21.4. The van der Waals surface area contributed by atoms with Crippen molar-refractivity contribution in [1.29, 1.82) is 0 Å². The van der Waals surface area contributed by atoms with Gasteiger partial charge in [-0.15, -0.1) is 0 Å². The van der Waals surface area contributed by atoms with Crippen LogP contribution >= 0.6 is 0 Å². The van der Waals surface area contributed by atoms with Crippen LogP contribution in [0.5, 0.6) is 0 Å². The van der Waals surface area contributed by atoms with Gasteiger partial charge >= 0.3 is 0 Å². The predicted molar refractivity (Wildman–Crippen MR) is 119 cm³/mol. The lowest BCUT2D eigenvalue weighted by Gasteiger charge is -2.43. The molecule has 2 bridgehead atoms. The maximum Gasteiger partial charge on any atom is 0.263 e. The molecule has 162 valence electrons. The number of carbonyl (C=O) groups excluding carboxylic acids is 1. The zero-order valence-corrected chi connectivity index (χ0v) is 18.0. The third-order valence-electron chi connectivity index (χ3n) is 6.80. The van der Waals surface area contributed by atoms with Crippen LogP contribution in [0.15, 0.2) is 40.8 Å². The first-order chi connectivity index (χ1) is 15.1. The highest BCUT2D eigenvalue weighted by Crippen LogP contribution is 2.36. The molecule has 0 unspecified atom stereocenters. The molecule has 7 nitrogen and oxygen atoms in total. The van der Waals surface area contributed by atoms with Gasteiger partial charge in [0.15, 0.2) is 0 Å². The van der Waals surface area contributed by atoms with E-state index >= 15 is 0 Å². The highest BCUT2D eigenvalue weighted by molar-refractivity contribution is 5.94. The summed E-state index contributed by atoms with van der Waals surface area (Å²) in [6.45, 7) is 4.78. The molecule has 1 N–H and O–H groups in total. The van der Waals surface area contributed by atoms with Crippen LogP contribution in [-0.2, 0) is 6.54 Å². The Morgan fingerprint density at radius 2 is 2.10 bits per heavy atom. The molecular weight excluding hydrogens is 390 g/mol. The highest BCUT2D eigenvalue weighted by Gasteiger charge is 2.36. The number of hydrogen-bond donors (Lipinski definition) is 1. The Morgan fingerprint density at radius 1 is 1.19 bits per heavy atom. The van der Waals surface area contributed by atoms with Gasteiger partial charge in [-0.1, -0.05) is 11.6 Å². The number of aryl methyl sites for hydroxylation is 1. The third-order valence-corrected chi connectivity index (χ3v) is 6.80. The number of pyridine rings is 1. The lowest BCUT2D eigenvalue weighted by molar-refractivity contribution is 0.0953. The Balaban J connectivity index is 1.35. The highest BCUT2D eigenvalue weighted by atomic mass is 16.2. The van der Waals surface area contributed by atoms with E-state index in [0.29, 0.717) is 19.0 Å². The molecule has 31 heavy (non-hydrogen) atoms. The summed E-state index contributed by atoms with van der Waals surface area (Å²) in [6, 6.07) is 5.65. The number of hydrogen-bond acceptors (Lipinski definition) is 5. The maximum atomic E-state index is 13.2. The molecule has 2 aromatic rings. The van der Waals surface area contributed by atoms with Crippen LogP contribution in [0.1, 0.15) is 59.9 Å². The molecule has 1 fully saturated rings. The van der Waals surface area contributed by atoms with E-state index in [0.717, 1.165) is 49.7 Å². The summed E-state index contributed by atoms with van der Waals surface area (Å²) >= 11 is 0. The number of rotatable bonds is 4. The van der Waals surface area contributed by atoms with Gasteiger partial charge in [0, 0.05) is 44.0 Å². The number of fused-ring (bicyclic) bond motifs is 4. The minimum Gasteiger partial charge on any atom is -0.355 e. The van der Waals surface area contributed by atoms with Crippen LogP contribution in [0.2, 0.25) is 0 Å². The normalized spacial score (nSPS) is 22.5. The molecule has 0 spiro atoms. The van der Waals surface area contributed by atoms with Crippen molar-refractivity contribution < 1.29 is 4.79 Å². The van der Waals surface area contributed by atoms with Crippen molar-refractivity contribution >= 4 is 11.7 Å². The molecule has 1 aliphatic carbocycles. The number of piperidine rings is 1. The van der Waals surface area contributed by atoms with Gasteiger partial charge < -0.3 is 14.8 Å². The Bertz CT molecular complexity index is 1090. The first-order valence-electron chi connectivity index (χ1n) is 11.3. The molecule has 4 heterocycles. The van der Waals surface area contributed by atoms with E-state index in [9.17, 15) is 9.59 Å². The van der Waals surface area contributed by atoms with E-state index in [1.165, 1.54) is 18.4 Å². The largest absolute Gasteiger partial charge is 0.355 e. The molecular formula is C24H29N5O2. The van der Waals surface area contributed by atoms with E-state index in [4.69, 9.17) is 0 Å². The fraction of sp³-hybridized carbons (Fsp3) is 0.500. The molecule has 1 saturated heterocycles. The number of nitrogens with zero attached hydrogens (tertiary/aromatic N) is 4. The zero-order valence-electron chi connectivity index (χ0n) is 18.0. The van der Waals surface area contributed by atoms with E-state index in [-0.39, 0.29) is 22.9 Å². The van der Waals surface area contributed by atoms with Crippen LogP contribution < -0.4 is 15.8 Å². The number of nitrogens with one attached hydrogen (secondary N) is 1. The van der Waals surface area contributed by atoms with Gasteiger partial charge in [0.1, 0.15) is 17.2 Å². The van der Waals surface area contributed by atoms with Gasteiger partial charge in [-0.3, -0.25) is 9.59 Å². The van der Waals surface area contributed by atoms with Gasteiger partial charge in [-0.2, -0.15) is 0 Å². The van der Waals surface area contributed by atoms with Gasteiger partial charge in [0.05, 0.1) is 0 Å². The van der Waals surface area contributed by atoms with Crippen molar-refractivity contribution in [3.63, 3.8) is 0 Å². The monoisotopic (exact) mass is 419 g/mol. The number of allylic oxidation sites excluding steroid dienone is 1. The number of amides is 1. The smallest absolute Gasteiger partial charge is 0.263 e. The minimum atomic E-state index is -0.263. The van der Waals surface area contributed by atoms with Crippen molar-refractivity contribution in [2.24, 2.45) is 5.92 Å². The van der Waals surface area contributed by atoms with Crippen molar-refractivity contribution in [3.8, 4) is 0 Å². The summed E-state index contributed by atoms with van der Waals surface area (Å²) in [5, 5.41) is 2.96. The van der Waals surface area contributed by atoms with E-state index in [2.05, 4.69) is 26.3 Å². The molecule has 7 heteroatoms. The summed E-state index contributed by atoms with van der Waals surface area (Å²) < 4.78 is 1.84. The van der Waals surface area contributed by atoms with Crippen LogP contribution in [0, 0.1) is 12.8 Å². The van der Waals surface area contributed by atoms with Gasteiger partial charge in [-0.05, 0) is 63.1 Å². The lowest BCUT2D eigenvalue weighted by Crippen LogP contribution is -2.48. The average Bonchev–Trinajstić information content (AvgIpc) is 2.79. The minimum absolute atomic E-state index is 0.159. The predicted octanol–water partition coefficient (Wildman–Crippen LogP) is 2.80. The maximum absolute atomic E-state index is 13.2. The molecule has 3 aliphatic rings. The van der Waals surface area contributed by atoms with Crippen LogP contribution in [-0.4, -0.2) is 40.1 Å². The van der Waals surface area contributed by atoms with Crippen molar-refractivity contribution in [3.05, 3.63) is 63.5 Å². The first-order valence-corrected chi connectivity index (χ1v) is 11.3. The third kappa shape index (κ3) is 4.01.